The summed E-state index contributed by atoms with van der Waals surface area (Å²) in [6.45, 7) is 4.73. The van der Waals surface area contributed by atoms with Crippen LogP contribution in [0.25, 0.3) is 0 Å². The van der Waals surface area contributed by atoms with Crippen LogP contribution in [0.3, 0.4) is 0 Å². The highest BCUT2D eigenvalue weighted by Gasteiger charge is 2.11. The van der Waals surface area contributed by atoms with E-state index in [1.807, 2.05) is 19.2 Å². The molecule has 0 spiro atoms. The number of methoxy groups -OCH3 is 1. The van der Waals surface area contributed by atoms with Gasteiger partial charge in [0.2, 0.25) is 0 Å². The predicted molar refractivity (Wildman–Crippen MR) is 73.7 cm³/mol. The Labute approximate surface area is 113 Å². The van der Waals surface area contributed by atoms with Crippen molar-refractivity contribution in [1.82, 2.24) is 5.32 Å². The first-order valence-corrected chi connectivity index (χ1v) is 5.35. The van der Waals surface area contributed by atoms with Crippen LogP contribution in [0.15, 0.2) is 24.8 Å². The standard InChI is InChI=1S/C12H16ClNO2.ClH/c1-4-5-16-12-10(13)6-9(8-14-2)7-11(12)15-3;/h4,6-7,14H,1,5,8H2,2-3H3;1H. The van der Waals surface area contributed by atoms with Gasteiger partial charge >= 0.3 is 0 Å². The van der Waals surface area contributed by atoms with Crippen LogP contribution < -0.4 is 14.8 Å². The molecule has 3 nitrogen and oxygen atoms in total. The molecule has 5 heteroatoms. The molecule has 0 saturated carbocycles. The summed E-state index contributed by atoms with van der Waals surface area (Å²) in [5.41, 5.74) is 1.05. The van der Waals surface area contributed by atoms with Crippen molar-refractivity contribution in [2.24, 2.45) is 0 Å². The van der Waals surface area contributed by atoms with Gasteiger partial charge in [-0.2, -0.15) is 0 Å². The normalized spacial score (nSPS) is 9.35. The van der Waals surface area contributed by atoms with Crippen molar-refractivity contribution < 1.29 is 9.47 Å². The molecule has 0 heterocycles. The number of hydrogen-bond donors (Lipinski definition) is 1. The lowest BCUT2D eigenvalue weighted by molar-refractivity contribution is 0.326. The quantitative estimate of drug-likeness (QED) is 0.811. The van der Waals surface area contributed by atoms with Gasteiger partial charge in [0.05, 0.1) is 12.1 Å². The van der Waals surface area contributed by atoms with Crippen LogP contribution in [0.2, 0.25) is 5.02 Å². The van der Waals surface area contributed by atoms with Crippen molar-refractivity contribution in [2.75, 3.05) is 20.8 Å². The van der Waals surface area contributed by atoms with Gasteiger partial charge in [0.25, 0.3) is 0 Å². The van der Waals surface area contributed by atoms with E-state index in [1.54, 1.807) is 13.2 Å². The van der Waals surface area contributed by atoms with E-state index in [1.165, 1.54) is 0 Å². The lowest BCUT2D eigenvalue weighted by Crippen LogP contribution is -2.06. The summed E-state index contributed by atoms with van der Waals surface area (Å²) in [6, 6.07) is 3.76. The first kappa shape index (κ1) is 16.1. The smallest absolute Gasteiger partial charge is 0.180 e. The molecule has 1 aromatic carbocycles. The fourth-order valence-electron chi connectivity index (χ4n) is 1.36. The van der Waals surface area contributed by atoms with Gasteiger partial charge in [-0.25, -0.2) is 0 Å². The Balaban J connectivity index is 0.00000256. The molecule has 0 aliphatic heterocycles. The van der Waals surface area contributed by atoms with Gasteiger partial charge in [0.15, 0.2) is 11.5 Å². The highest BCUT2D eigenvalue weighted by molar-refractivity contribution is 6.32. The van der Waals surface area contributed by atoms with Crippen molar-refractivity contribution in [3.63, 3.8) is 0 Å². The first-order valence-electron chi connectivity index (χ1n) is 4.97. The Kier molecular flexibility index (Phi) is 7.79. The van der Waals surface area contributed by atoms with Crippen LogP contribution in [-0.2, 0) is 6.54 Å². The van der Waals surface area contributed by atoms with E-state index in [0.29, 0.717) is 23.1 Å². The van der Waals surface area contributed by atoms with Gasteiger partial charge in [-0.1, -0.05) is 24.3 Å². The number of nitrogens with one attached hydrogen (secondary N) is 1. The Morgan fingerprint density at radius 3 is 2.71 bits per heavy atom. The number of hydrogen-bond acceptors (Lipinski definition) is 3. The molecular weight excluding hydrogens is 261 g/mol. The third kappa shape index (κ3) is 4.46. The topological polar surface area (TPSA) is 30.5 Å². The second kappa shape index (κ2) is 8.23. The van der Waals surface area contributed by atoms with Crippen LogP contribution in [0.4, 0.5) is 0 Å². The highest BCUT2D eigenvalue weighted by Crippen LogP contribution is 2.36. The predicted octanol–water partition coefficient (Wildman–Crippen LogP) is 3.05. The summed E-state index contributed by atoms with van der Waals surface area (Å²) in [6.07, 6.45) is 1.66. The van der Waals surface area contributed by atoms with Crippen molar-refractivity contribution in [2.45, 2.75) is 6.54 Å². The zero-order chi connectivity index (χ0) is 12.0. The van der Waals surface area contributed by atoms with E-state index in [9.17, 15) is 0 Å². The SMILES string of the molecule is C=CCOc1c(Cl)cc(CNC)cc1OC.Cl. The summed E-state index contributed by atoms with van der Waals surface area (Å²) >= 11 is 6.12. The first-order chi connectivity index (χ1) is 7.72. The van der Waals surface area contributed by atoms with Crippen molar-refractivity contribution >= 4 is 24.0 Å². The molecule has 0 radical (unpaired) electrons. The van der Waals surface area contributed by atoms with E-state index in [4.69, 9.17) is 21.1 Å². The summed E-state index contributed by atoms with van der Waals surface area (Å²) in [4.78, 5) is 0. The van der Waals surface area contributed by atoms with Crippen LogP contribution in [0.1, 0.15) is 5.56 Å². The zero-order valence-corrected chi connectivity index (χ0v) is 11.5. The maximum absolute atomic E-state index is 6.12. The monoisotopic (exact) mass is 277 g/mol. The van der Waals surface area contributed by atoms with Gasteiger partial charge in [0, 0.05) is 6.54 Å². The summed E-state index contributed by atoms with van der Waals surface area (Å²) in [7, 11) is 3.47. The van der Waals surface area contributed by atoms with E-state index >= 15 is 0 Å². The van der Waals surface area contributed by atoms with E-state index < -0.39 is 0 Å². The molecule has 0 amide bonds. The Morgan fingerprint density at radius 2 is 2.18 bits per heavy atom. The average molecular weight is 278 g/mol. The van der Waals surface area contributed by atoms with E-state index in [-0.39, 0.29) is 12.4 Å². The van der Waals surface area contributed by atoms with Gasteiger partial charge in [-0.05, 0) is 24.7 Å². The number of benzene rings is 1. The molecule has 0 atom stereocenters. The van der Waals surface area contributed by atoms with Crippen molar-refractivity contribution in [1.29, 1.82) is 0 Å². The van der Waals surface area contributed by atoms with Gasteiger partial charge in [-0.15, -0.1) is 12.4 Å². The third-order valence-corrected chi connectivity index (χ3v) is 2.30. The molecule has 1 rings (SSSR count). The Morgan fingerprint density at radius 1 is 1.47 bits per heavy atom. The van der Waals surface area contributed by atoms with Crippen LogP contribution in [0, 0.1) is 0 Å². The molecule has 0 unspecified atom stereocenters. The van der Waals surface area contributed by atoms with Gasteiger partial charge in [0.1, 0.15) is 6.61 Å². The highest BCUT2D eigenvalue weighted by atomic mass is 35.5. The zero-order valence-electron chi connectivity index (χ0n) is 9.96. The minimum absolute atomic E-state index is 0. The fraction of sp³-hybridized carbons (Fsp3) is 0.333. The lowest BCUT2D eigenvalue weighted by Gasteiger charge is -2.13. The summed E-state index contributed by atoms with van der Waals surface area (Å²) in [5.74, 6) is 1.20. The molecular formula is C12H17Cl2NO2. The third-order valence-electron chi connectivity index (χ3n) is 2.02. The summed E-state index contributed by atoms with van der Waals surface area (Å²) < 4.78 is 10.7. The molecule has 96 valence electrons. The molecule has 0 bridgehead atoms. The van der Waals surface area contributed by atoms with Gasteiger partial charge < -0.3 is 14.8 Å². The second-order valence-electron chi connectivity index (χ2n) is 3.24. The largest absolute Gasteiger partial charge is 0.493 e. The van der Waals surface area contributed by atoms with Crippen LogP contribution in [0.5, 0.6) is 11.5 Å². The fourth-order valence-corrected chi connectivity index (χ4v) is 1.65. The Hall–Kier alpha value is -0.900. The van der Waals surface area contributed by atoms with E-state index in [2.05, 4.69) is 11.9 Å². The number of halogens is 2. The molecule has 1 aromatic rings. The van der Waals surface area contributed by atoms with Crippen LogP contribution in [-0.4, -0.2) is 20.8 Å². The molecule has 1 N–H and O–H groups in total. The molecule has 0 aliphatic carbocycles. The average Bonchev–Trinajstić information content (AvgIpc) is 2.27. The van der Waals surface area contributed by atoms with Gasteiger partial charge in [-0.3, -0.25) is 0 Å². The molecule has 17 heavy (non-hydrogen) atoms. The second-order valence-corrected chi connectivity index (χ2v) is 3.65. The minimum atomic E-state index is 0. The maximum Gasteiger partial charge on any atom is 0.180 e. The molecule has 0 aromatic heterocycles. The lowest BCUT2D eigenvalue weighted by atomic mass is 10.2. The molecule has 0 saturated heterocycles. The number of ether oxygens (including phenoxy) is 2. The van der Waals surface area contributed by atoms with Crippen molar-refractivity contribution in [3.8, 4) is 11.5 Å². The number of rotatable bonds is 6. The molecule has 0 aliphatic rings. The molecule has 0 fully saturated rings. The Bertz CT molecular complexity index is 370. The minimum Gasteiger partial charge on any atom is -0.493 e. The van der Waals surface area contributed by atoms with Crippen molar-refractivity contribution in [3.05, 3.63) is 35.4 Å². The summed E-state index contributed by atoms with van der Waals surface area (Å²) in [5, 5.41) is 3.60. The van der Waals surface area contributed by atoms with Crippen LogP contribution >= 0.6 is 24.0 Å². The maximum atomic E-state index is 6.12. The van der Waals surface area contributed by atoms with E-state index in [0.717, 1.165) is 12.1 Å².